The molecule has 4 aromatic rings. The van der Waals surface area contributed by atoms with Crippen molar-refractivity contribution in [2.45, 2.75) is 31.3 Å². The first kappa shape index (κ1) is 23.5. The van der Waals surface area contributed by atoms with Crippen molar-refractivity contribution in [3.63, 3.8) is 0 Å². The van der Waals surface area contributed by atoms with Crippen LogP contribution in [0.25, 0.3) is 21.5 Å². The van der Waals surface area contributed by atoms with Gasteiger partial charge in [0.2, 0.25) is 11.8 Å². The highest BCUT2D eigenvalue weighted by atomic mass is 32.1. The van der Waals surface area contributed by atoms with Gasteiger partial charge in [0.05, 0.1) is 29.1 Å². The second-order valence-corrected chi connectivity index (χ2v) is 9.48. The molecule has 1 unspecified atom stereocenters. The van der Waals surface area contributed by atoms with Crippen LogP contribution in [-0.4, -0.2) is 53.3 Å². The number of nitrogens with one attached hydrogen (secondary N) is 1. The molecule has 0 spiro atoms. The van der Waals surface area contributed by atoms with Crippen LogP contribution in [0.15, 0.2) is 55.9 Å². The zero-order chi connectivity index (χ0) is 25.3. The number of pyridine rings is 2. The minimum absolute atomic E-state index is 0.299. The van der Waals surface area contributed by atoms with E-state index in [1.165, 1.54) is 34.7 Å². The maximum Gasteiger partial charge on any atom is 0.246 e. The molecule has 1 aliphatic heterocycles. The standard InChI is InChI=1S/C24H23FN8O2S/c1-2-21(34)33-8-3-5-24(33,22(26)35)6-9-32-14-30-17-12-28-20(10-18(17)32)31-23-29-13-19(36-23)15-4-7-27-11-16(15)25/h2,4,7,10-14H,1,3,5-6,8-9H2,(H2,26,35)(H,28,29,31). The zero-order valence-corrected chi connectivity index (χ0v) is 20.0. The van der Waals surface area contributed by atoms with Crippen LogP contribution in [0.1, 0.15) is 19.3 Å². The van der Waals surface area contributed by atoms with Crippen LogP contribution in [0.3, 0.4) is 0 Å². The van der Waals surface area contributed by atoms with Gasteiger partial charge in [-0.25, -0.2) is 19.3 Å². The first-order chi connectivity index (χ1) is 17.4. The highest BCUT2D eigenvalue weighted by Crippen LogP contribution is 2.34. The average molecular weight is 507 g/mol. The lowest BCUT2D eigenvalue weighted by atomic mass is 9.90. The van der Waals surface area contributed by atoms with Crippen molar-refractivity contribution in [1.82, 2.24) is 29.4 Å². The molecule has 0 aliphatic carbocycles. The fraction of sp³-hybridized carbons (Fsp3) is 0.250. The maximum absolute atomic E-state index is 14.1. The van der Waals surface area contributed by atoms with E-state index in [0.29, 0.717) is 59.3 Å². The van der Waals surface area contributed by atoms with Crippen LogP contribution in [0.5, 0.6) is 0 Å². The summed E-state index contributed by atoms with van der Waals surface area (Å²) >= 11 is 1.29. The summed E-state index contributed by atoms with van der Waals surface area (Å²) in [4.78, 5) is 43.9. The van der Waals surface area contributed by atoms with Gasteiger partial charge in [0.25, 0.3) is 0 Å². The molecule has 12 heteroatoms. The van der Waals surface area contributed by atoms with E-state index in [4.69, 9.17) is 5.73 Å². The molecule has 4 aromatic heterocycles. The molecular weight excluding hydrogens is 483 g/mol. The highest BCUT2D eigenvalue weighted by molar-refractivity contribution is 7.18. The van der Waals surface area contributed by atoms with Crippen LogP contribution in [0.2, 0.25) is 0 Å². The number of carbonyl (C=O) groups excluding carboxylic acids is 2. The second kappa shape index (κ2) is 9.46. The third-order valence-corrected chi connectivity index (χ3v) is 7.39. The van der Waals surface area contributed by atoms with Gasteiger partial charge in [0.15, 0.2) is 5.13 Å². The lowest BCUT2D eigenvalue weighted by molar-refractivity contribution is -0.140. The van der Waals surface area contributed by atoms with Gasteiger partial charge in [0, 0.05) is 37.1 Å². The Kier molecular flexibility index (Phi) is 6.18. The molecule has 0 saturated carbocycles. The Balaban J connectivity index is 1.36. The van der Waals surface area contributed by atoms with Crippen molar-refractivity contribution in [2.75, 3.05) is 11.9 Å². The normalized spacial score (nSPS) is 17.4. The molecule has 0 radical (unpaired) electrons. The molecule has 1 saturated heterocycles. The molecule has 10 nitrogen and oxygen atoms in total. The molecule has 184 valence electrons. The van der Waals surface area contributed by atoms with E-state index in [1.807, 2.05) is 10.6 Å². The lowest BCUT2D eigenvalue weighted by Gasteiger charge is -2.35. The quantitative estimate of drug-likeness (QED) is 0.351. The molecule has 2 amide bonds. The molecule has 1 atom stereocenters. The Hall–Kier alpha value is -4.19. The number of rotatable bonds is 8. The maximum atomic E-state index is 14.1. The largest absolute Gasteiger partial charge is 0.368 e. The molecular formula is C24H23FN8O2S. The predicted octanol–water partition coefficient (Wildman–Crippen LogP) is 3.26. The van der Waals surface area contributed by atoms with Gasteiger partial charge in [-0.1, -0.05) is 17.9 Å². The van der Waals surface area contributed by atoms with E-state index >= 15 is 0 Å². The number of imidazole rings is 1. The number of hydrogen-bond donors (Lipinski definition) is 2. The number of nitrogens with two attached hydrogens (primary N) is 1. The summed E-state index contributed by atoms with van der Waals surface area (Å²) in [7, 11) is 0. The van der Waals surface area contributed by atoms with E-state index in [2.05, 4.69) is 31.8 Å². The average Bonchev–Trinajstić information content (AvgIpc) is 3.61. The molecule has 1 fully saturated rings. The minimum Gasteiger partial charge on any atom is -0.368 e. The first-order valence-electron chi connectivity index (χ1n) is 11.3. The lowest BCUT2D eigenvalue weighted by Crippen LogP contribution is -2.56. The monoisotopic (exact) mass is 506 g/mol. The number of amides is 2. The Morgan fingerprint density at radius 1 is 1.28 bits per heavy atom. The van der Waals surface area contributed by atoms with E-state index in [9.17, 15) is 14.0 Å². The van der Waals surface area contributed by atoms with Crippen molar-refractivity contribution >= 4 is 45.1 Å². The minimum atomic E-state index is -1.06. The van der Waals surface area contributed by atoms with Gasteiger partial charge in [-0.3, -0.25) is 14.6 Å². The predicted molar refractivity (Wildman–Crippen MR) is 134 cm³/mol. The van der Waals surface area contributed by atoms with E-state index < -0.39 is 17.3 Å². The topological polar surface area (TPSA) is 132 Å². The van der Waals surface area contributed by atoms with Crippen LogP contribution >= 0.6 is 11.3 Å². The van der Waals surface area contributed by atoms with E-state index in [1.54, 1.807) is 24.8 Å². The first-order valence-corrected chi connectivity index (χ1v) is 12.1. The van der Waals surface area contributed by atoms with Gasteiger partial charge >= 0.3 is 0 Å². The van der Waals surface area contributed by atoms with Gasteiger partial charge in [-0.2, -0.15) is 0 Å². The third-order valence-electron chi connectivity index (χ3n) is 6.44. The molecule has 36 heavy (non-hydrogen) atoms. The summed E-state index contributed by atoms with van der Waals surface area (Å²) in [5.74, 6) is -0.699. The third kappa shape index (κ3) is 4.19. The van der Waals surface area contributed by atoms with Gasteiger partial charge in [0.1, 0.15) is 22.7 Å². The number of primary amides is 1. The number of aryl methyl sites for hydroxylation is 1. The summed E-state index contributed by atoms with van der Waals surface area (Å²) in [5.41, 5.74) is 6.63. The smallest absolute Gasteiger partial charge is 0.246 e. The van der Waals surface area contributed by atoms with Crippen molar-refractivity contribution < 1.29 is 14.0 Å². The van der Waals surface area contributed by atoms with E-state index in [0.717, 1.165) is 5.52 Å². The van der Waals surface area contributed by atoms with Gasteiger partial charge in [-0.15, -0.1) is 0 Å². The molecule has 3 N–H and O–H groups in total. The molecule has 5 rings (SSSR count). The van der Waals surface area contributed by atoms with Crippen molar-refractivity contribution in [2.24, 2.45) is 5.73 Å². The fourth-order valence-electron chi connectivity index (χ4n) is 4.60. The number of nitrogens with zero attached hydrogens (tertiary/aromatic N) is 6. The Labute approximate surface area is 209 Å². The van der Waals surface area contributed by atoms with Crippen LogP contribution in [0.4, 0.5) is 15.3 Å². The number of likely N-dealkylation sites (tertiary alicyclic amines) is 1. The zero-order valence-electron chi connectivity index (χ0n) is 19.2. The summed E-state index contributed by atoms with van der Waals surface area (Å²) < 4.78 is 16.0. The summed E-state index contributed by atoms with van der Waals surface area (Å²) in [6.45, 7) is 4.44. The Morgan fingerprint density at radius 2 is 2.14 bits per heavy atom. The number of aromatic nitrogens is 5. The number of fused-ring (bicyclic) bond motifs is 1. The summed E-state index contributed by atoms with van der Waals surface area (Å²) in [6, 6.07) is 3.43. The number of thiazole rings is 1. The number of hydrogen-bond acceptors (Lipinski definition) is 8. The number of halogens is 1. The van der Waals surface area contributed by atoms with Crippen molar-refractivity contribution in [3.8, 4) is 10.4 Å². The van der Waals surface area contributed by atoms with Crippen molar-refractivity contribution in [1.29, 1.82) is 0 Å². The summed E-state index contributed by atoms with van der Waals surface area (Å²) in [5, 5.41) is 3.71. The molecule has 1 aliphatic rings. The van der Waals surface area contributed by atoms with Crippen LogP contribution in [-0.2, 0) is 16.1 Å². The van der Waals surface area contributed by atoms with Crippen LogP contribution in [0, 0.1) is 5.82 Å². The molecule has 0 aromatic carbocycles. The van der Waals surface area contributed by atoms with E-state index in [-0.39, 0.29) is 5.91 Å². The van der Waals surface area contributed by atoms with Gasteiger partial charge in [-0.05, 0) is 31.4 Å². The fourth-order valence-corrected chi connectivity index (χ4v) is 5.45. The second-order valence-electron chi connectivity index (χ2n) is 8.45. The highest BCUT2D eigenvalue weighted by Gasteiger charge is 2.47. The van der Waals surface area contributed by atoms with Crippen molar-refractivity contribution in [3.05, 3.63) is 61.7 Å². The van der Waals surface area contributed by atoms with Gasteiger partial charge < -0.3 is 20.5 Å². The molecule has 0 bridgehead atoms. The Morgan fingerprint density at radius 3 is 2.92 bits per heavy atom. The number of anilines is 2. The summed E-state index contributed by atoms with van der Waals surface area (Å²) in [6.07, 6.45) is 10.4. The number of carbonyl (C=O) groups is 2. The Bertz CT molecular complexity index is 1470. The molecule has 5 heterocycles. The van der Waals surface area contributed by atoms with Crippen LogP contribution < -0.4 is 11.1 Å². The SMILES string of the molecule is C=CC(=O)N1CCCC1(CCn1cnc2cnc(Nc3ncc(-c4ccncc4F)s3)cc21)C(N)=O.